The molecule has 0 saturated heterocycles. The van der Waals surface area contributed by atoms with Crippen LogP contribution in [0.5, 0.6) is 0 Å². The number of halogens is 1. The third kappa shape index (κ3) is 2.60. The summed E-state index contributed by atoms with van der Waals surface area (Å²) < 4.78 is 12.8. The molecule has 0 spiro atoms. The van der Waals surface area contributed by atoms with Gasteiger partial charge in [-0.15, -0.1) is 0 Å². The van der Waals surface area contributed by atoms with Crippen LogP contribution in [0.3, 0.4) is 0 Å². The quantitative estimate of drug-likeness (QED) is 0.846. The maximum absolute atomic E-state index is 12.8. The van der Waals surface area contributed by atoms with Crippen molar-refractivity contribution in [1.29, 1.82) is 0 Å². The Morgan fingerprint density at radius 1 is 1.35 bits per heavy atom. The topological polar surface area (TPSA) is 32.3 Å². The summed E-state index contributed by atoms with van der Waals surface area (Å²) >= 11 is 0. The SMILES string of the molecule is CC1CCCCC1(CO)Nc1ccc(F)cc1. The van der Waals surface area contributed by atoms with Crippen molar-refractivity contribution in [3.63, 3.8) is 0 Å². The molecule has 94 valence electrons. The van der Waals surface area contributed by atoms with E-state index in [1.165, 1.54) is 18.6 Å². The molecule has 0 aliphatic heterocycles. The third-order valence-electron chi connectivity index (χ3n) is 3.97. The Balaban J connectivity index is 2.15. The molecule has 0 radical (unpaired) electrons. The van der Waals surface area contributed by atoms with E-state index in [-0.39, 0.29) is 18.0 Å². The van der Waals surface area contributed by atoms with Gasteiger partial charge in [-0.1, -0.05) is 19.8 Å². The molecule has 2 N–H and O–H groups in total. The lowest BCUT2D eigenvalue weighted by molar-refractivity contribution is 0.126. The molecule has 1 fully saturated rings. The lowest BCUT2D eigenvalue weighted by Gasteiger charge is -2.42. The molecule has 17 heavy (non-hydrogen) atoms. The fourth-order valence-corrected chi connectivity index (χ4v) is 2.69. The van der Waals surface area contributed by atoms with E-state index in [4.69, 9.17) is 0 Å². The third-order valence-corrected chi connectivity index (χ3v) is 3.97. The molecule has 0 aromatic heterocycles. The maximum atomic E-state index is 12.8. The van der Waals surface area contributed by atoms with Crippen LogP contribution in [0.25, 0.3) is 0 Å². The number of rotatable bonds is 3. The number of hydrogen-bond acceptors (Lipinski definition) is 2. The number of benzene rings is 1. The minimum atomic E-state index is -0.240. The van der Waals surface area contributed by atoms with E-state index in [0.29, 0.717) is 5.92 Å². The summed E-state index contributed by atoms with van der Waals surface area (Å²) in [7, 11) is 0. The van der Waals surface area contributed by atoms with Gasteiger partial charge in [0.15, 0.2) is 0 Å². The van der Waals surface area contributed by atoms with Gasteiger partial charge in [0.1, 0.15) is 5.82 Å². The molecule has 2 unspecified atom stereocenters. The summed E-state index contributed by atoms with van der Waals surface area (Å²) in [5, 5.41) is 13.1. The normalized spacial score (nSPS) is 29.0. The first-order valence-corrected chi connectivity index (χ1v) is 6.31. The Labute approximate surface area is 102 Å². The molecule has 2 atom stereocenters. The highest BCUT2D eigenvalue weighted by Gasteiger charge is 2.37. The van der Waals surface area contributed by atoms with Gasteiger partial charge in [-0.2, -0.15) is 0 Å². The van der Waals surface area contributed by atoms with E-state index < -0.39 is 0 Å². The first kappa shape index (κ1) is 12.4. The zero-order chi connectivity index (χ0) is 12.3. The Morgan fingerprint density at radius 3 is 2.65 bits per heavy atom. The van der Waals surface area contributed by atoms with E-state index in [1.807, 2.05) is 0 Å². The number of hydrogen-bond donors (Lipinski definition) is 2. The number of aliphatic hydroxyl groups excluding tert-OH is 1. The van der Waals surface area contributed by atoms with Gasteiger partial charge >= 0.3 is 0 Å². The second kappa shape index (κ2) is 5.05. The predicted molar refractivity (Wildman–Crippen MR) is 67.5 cm³/mol. The van der Waals surface area contributed by atoms with Crippen molar-refractivity contribution >= 4 is 5.69 Å². The molecule has 1 aromatic rings. The number of anilines is 1. The van der Waals surface area contributed by atoms with Crippen LogP contribution in [0.1, 0.15) is 32.6 Å². The van der Waals surface area contributed by atoms with Crippen molar-refractivity contribution in [2.45, 2.75) is 38.1 Å². The van der Waals surface area contributed by atoms with Crippen LogP contribution in [0.2, 0.25) is 0 Å². The predicted octanol–water partition coefficient (Wildman–Crippen LogP) is 3.18. The number of aliphatic hydroxyl groups is 1. The van der Waals surface area contributed by atoms with E-state index in [2.05, 4.69) is 12.2 Å². The smallest absolute Gasteiger partial charge is 0.123 e. The Morgan fingerprint density at radius 2 is 2.06 bits per heavy atom. The number of nitrogens with one attached hydrogen (secondary N) is 1. The van der Waals surface area contributed by atoms with Crippen LogP contribution in [-0.2, 0) is 0 Å². The lowest BCUT2D eigenvalue weighted by Crippen LogP contribution is -2.49. The average molecular weight is 237 g/mol. The summed E-state index contributed by atoms with van der Waals surface area (Å²) in [5.41, 5.74) is 0.644. The second-order valence-corrected chi connectivity index (χ2v) is 5.09. The summed E-state index contributed by atoms with van der Waals surface area (Å²) in [5.74, 6) is 0.205. The molecule has 1 saturated carbocycles. The van der Waals surface area contributed by atoms with E-state index in [0.717, 1.165) is 24.9 Å². The highest BCUT2D eigenvalue weighted by Crippen LogP contribution is 2.36. The molecule has 1 aromatic carbocycles. The molecule has 0 heterocycles. The highest BCUT2D eigenvalue weighted by molar-refractivity contribution is 5.46. The van der Waals surface area contributed by atoms with Gasteiger partial charge in [0.05, 0.1) is 12.1 Å². The molecular formula is C14H20FNO. The van der Waals surface area contributed by atoms with Gasteiger partial charge in [0, 0.05) is 5.69 Å². The Kier molecular flexibility index (Phi) is 3.67. The molecule has 3 heteroatoms. The van der Waals surface area contributed by atoms with Crippen LogP contribution < -0.4 is 5.32 Å². The molecule has 0 bridgehead atoms. The Hall–Kier alpha value is -1.09. The van der Waals surface area contributed by atoms with Gasteiger partial charge in [-0.3, -0.25) is 0 Å². The van der Waals surface area contributed by atoms with Crippen molar-refractivity contribution in [1.82, 2.24) is 0 Å². The maximum Gasteiger partial charge on any atom is 0.123 e. The second-order valence-electron chi connectivity index (χ2n) is 5.09. The van der Waals surface area contributed by atoms with Gasteiger partial charge < -0.3 is 10.4 Å². The summed E-state index contributed by atoms with van der Waals surface area (Å²) in [6.07, 6.45) is 4.48. The highest BCUT2D eigenvalue weighted by atomic mass is 19.1. The monoisotopic (exact) mass is 237 g/mol. The molecular weight excluding hydrogens is 217 g/mol. The zero-order valence-electron chi connectivity index (χ0n) is 10.2. The van der Waals surface area contributed by atoms with Crippen LogP contribution in [-0.4, -0.2) is 17.3 Å². The molecule has 0 amide bonds. The van der Waals surface area contributed by atoms with E-state index >= 15 is 0 Å². The van der Waals surface area contributed by atoms with Crippen molar-refractivity contribution in [3.8, 4) is 0 Å². The van der Waals surface area contributed by atoms with Crippen LogP contribution in [0.4, 0.5) is 10.1 Å². The molecule has 1 aliphatic carbocycles. The van der Waals surface area contributed by atoms with E-state index in [9.17, 15) is 9.50 Å². The lowest BCUT2D eigenvalue weighted by atomic mass is 9.74. The fourth-order valence-electron chi connectivity index (χ4n) is 2.69. The molecule has 2 rings (SSSR count). The largest absolute Gasteiger partial charge is 0.394 e. The van der Waals surface area contributed by atoms with Crippen molar-refractivity contribution < 1.29 is 9.50 Å². The first-order chi connectivity index (χ1) is 8.16. The standard InChI is InChI=1S/C14H20FNO/c1-11-4-2-3-9-14(11,10-17)16-13-7-5-12(15)6-8-13/h5-8,11,16-17H,2-4,9-10H2,1H3. The molecule has 2 nitrogen and oxygen atoms in total. The van der Waals surface area contributed by atoms with Crippen molar-refractivity contribution in [2.24, 2.45) is 5.92 Å². The van der Waals surface area contributed by atoms with Gasteiger partial charge in [-0.05, 0) is 43.0 Å². The minimum Gasteiger partial charge on any atom is -0.394 e. The summed E-state index contributed by atoms with van der Waals surface area (Å²) in [6, 6.07) is 6.35. The van der Waals surface area contributed by atoms with Crippen molar-refractivity contribution in [2.75, 3.05) is 11.9 Å². The van der Waals surface area contributed by atoms with Gasteiger partial charge in [0.25, 0.3) is 0 Å². The fraction of sp³-hybridized carbons (Fsp3) is 0.571. The van der Waals surface area contributed by atoms with E-state index in [1.54, 1.807) is 12.1 Å². The van der Waals surface area contributed by atoms with Crippen molar-refractivity contribution in [3.05, 3.63) is 30.1 Å². The summed E-state index contributed by atoms with van der Waals surface area (Å²) in [4.78, 5) is 0. The van der Waals surface area contributed by atoms with Crippen LogP contribution >= 0.6 is 0 Å². The van der Waals surface area contributed by atoms with Crippen LogP contribution in [0.15, 0.2) is 24.3 Å². The first-order valence-electron chi connectivity index (χ1n) is 6.31. The van der Waals surface area contributed by atoms with Crippen LogP contribution in [0, 0.1) is 11.7 Å². The summed E-state index contributed by atoms with van der Waals surface area (Å²) in [6.45, 7) is 2.30. The molecule has 1 aliphatic rings. The van der Waals surface area contributed by atoms with Gasteiger partial charge in [-0.25, -0.2) is 4.39 Å². The van der Waals surface area contributed by atoms with Gasteiger partial charge in [0.2, 0.25) is 0 Å². The minimum absolute atomic E-state index is 0.130. The Bertz CT molecular complexity index is 365. The average Bonchev–Trinajstić information content (AvgIpc) is 2.35. The zero-order valence-corrected chi connectivity index (χ0v) is 10.2.